The van der Waals surface area contributed by atoms with Crippen LogP contribution < -0.4 is 9.30 Å². The molecule has 0 fully saturated rings. The van der Waals surface area contributed by atoms with Gasteiger partial charge in [0, 0.05) is 28.6 Å². The Hall–Kier alpha value is -8.02. The Morgan fingerprint density at radius 3 is 1.92 bits per heavy atom. The number of nitrogens with zero attached hydrogens (tertiary/aromatic N) is 4. The molecule has 0 radical (unpaired) electrons. The van der Waals surface area contributed by atoms with E-state index in [1.807, 2.05) is 88.1 Å². The highest BCUT2D eigenvalue weighted by Gasteiger charge is 2.25. The van der Waals surface area contributed by atoms with E-state index in [0.29, 0.717) is 28.7 Å². The van der Waals surface area contributed by atoms with E-state index >= 15 is 0 Å². The van der Waals surface area contributed by atoms with E-state index in [9.17, 15) is 2.74 Å². The number of ether oxygens (including phenoxy) is 1. The highest BCUT2D eigenvalue weighted by Crippen LogP contribution is 2.41. The zero-order chi connectivity index (χ0) is 54.2. The Kier molecular flexibility index (Phi) is 10.3. The third kappa shape index (κ3) is 8.57. The van der Waals surface area contributed by atoms with Crippen LogP contribution in [0.4, 0.5) is 0 Å². The van der Waals surface area contributed by atoms with Crippen LogP contribution >= 0.6 is 0 Å². The number of pyridine rings is 1. The molecule has 11 rings (SSSR count). The second-order valence-corrected chi connectivity index (χ2v) is 21.4. The highest BCUT2D eigenvalue weighted by atomic mass is 16.5. The van der Waals surface area contributed by atoms with Crippen LogP contribution in [0.1, 0.15) is 91.8 Å². The Labute approximate surface area is 431 Å². The molecule has 8 aromatic carbocycles. The first kappa shape index (κ1) is 40.7. The molecular formula is C67H62N4O. The van der Waals surface area contributed by atoms with Crippen LogP contribution in [0.15, 0.2) is 200 Å². The van der Waals surface area contributed by atoms with E-state index in [-0.39, 0.29) is 34.4 Å². The summed E-state index contributed by atoms with van der Waals surface area (Å²) in [4.78, 5) is 5.17. The van der Waals surface area contributed by atoms with Crippen molar-refractivity contribution < 1.29 is 16.2 Å². The number of hydrogen-bond donors (Lipinski definition) is 0. The minimum absolute atomic E-state index is 0.116. The van der Waals surface area contributed by atoms with Crippen molar-refractivity contribution in [2.45, 2.75) is 79.1 Å². The number of hydrogen-bond acceptors (Lipinski definition) is 2. The first-order chi connectivity index (χ1) is 36.8. The van der Waals surface area contributed by atoms with Gasteiger partial charge in [0.1, 0.15) is 17.3 Å². The molecule has 0 aliphatic rings. The molecule has 0 amide bonds. The van der Waals surface area contributed by atoms with Gasteiger partial charge in [-0.3, -0.25) is 13.7 Å². The molecule has 11 aromatic rings. The lowest BCUT2D eigenvalue weighted by atomic mass is 9.78. The van der Waals surface area contributed by atoms with Gasteiger partial charge in [0.15, 0.2) is 0 Å². The normalized spacial score (nSPS) is 13.6. The lowest BCUT2D eigenvalue weighted by Gasteiger charge is -2.27. The fourth-order valence-electron chi connectivity index (χ4n) is 9.93. The maximum Gasteiger partial charge on any atom is 0.269 e. The number of aromatic nitrogens is 4. The zero-order valence-corrected chi connectivity index (χ0v) is 42.5. The lowest BCUT2D eigenvalue weighted by Crippen LogP contribution is -2.31. The van der Waals surface area contributed by atoms with E-state index in [2.05, 4.69) is 164 Å². The van der Waals surface area contributed by atoms with Crippen molar-refractivity contribution >= 4 is 32.8 Å². The Morgan fingerprint density at radius 2 is 1.19 bits per heavy atom. The largest absolute Gasteiger partial charge is 0.458 e. The van der Waals surface area contributed by atoms with E-state index in [0.717, 1.165) is 77.7 Å². The van der Waals surface area contributed by atoms with Gasteiger partial charge in [-0.15, -0.1) is 0 Å². The van der Waals surface area contributed by atoms with Gasteiger partial charge in [0.2, 0.25) is 0 Å². The highest BCUT2D eigenvalue weighted by molar-refractivity contribution is 6.09. The minimum atomic E-state index is -0.439. The molecule has 0 saturated carbocycles. The second kappa shape index (κ2) is 18.3. The molecule has 0 bridgehead atoms. The quantitative estimate of drug-likeness (QED) is 0.101. The van der Waals surface area contributed by atoms with Gasteiger partial charge in [-0.2, -0.15) is 0 Å². The average Bonchev–Trinajstić information content (AvgIpc) is 4.02. The molecule has 1 unspecified atom stereocenters. The summed E-state index contributed by atoms with van der Waals surface area (Å²) in [6.07, 6.45) is 5.74. The fraction of sp³-hybridized carbons (Fsp3) is 0.194. The predicted molar refractivity (Wildman–Crippen MR) is 299 cm³/mol. The second-order valence-electron chi connectivity index (χ2n) is 21.4. The molecule has 3 heterocycles. The monoisotopic (exact) mass is 944 g/mol. The molecule has 0 aliphatic carbocycles. The van der Waals surface area contributed by atoms with Crippen LogP contribution in [0.25, 0.3) is 83.4 Å². The molecule has 0 saturated heterocycles. The third-order valence-electron chi connectivity index (χ3n) is 14.3. The van der Waals surface area contributed by atoms with Crippen LogP contribution in [0, 0.1) is 12.2 Å². The summed E-state index contributed by atoms with van der Waals surface area (Å²) in [6.45, 7) is 20.1. The number of fused-ring (bicyclic) bond motifs is 4. The van der Waals surface area contributed by atoms with Crippen molar-refractivity contribution in [3.63, 3.8) is 0 Å². The molecule has 5 heteroatoms. The van der Waals surface area contributed by atoms with E-state index in [1.165, 1.54) is 5.56 Å². The van der Waals surface area contributed by atoms with Crippen molar-refractivity contribution in [3.05, 3.63) is 223 Å². The molecule has 1 atom stereocenters. The smallest absolute Gasteiger partial charge is 0.269 e. The Bertz CT molecular complexity index is 4040. The fourth-order valence-corrected chi connectivity index (χ4v) is 9.93. The van der Waals surface area contributed by atoms with Crippen molar-refractivity contribution in [3.8, 4) is 62.1 Å². The average molecular weight is 944 g/mol. The van der Waals surface area contributed by atoms with E-state index in [4.69, 9.17) is 13.8 Å². The minimum Gasteiger partial charge on any atom is -0.458 e. The van der Waals surface area contributed by atoms with Crippen molar-refractivity contribution in [2.75, 3.05) is 0 Å². The van der Waals surface area contributed by atoms with Gasteiger partial charge in [-0.05, 0) is 110 Å². The molecule has 5 nitrogen and oxygen atoms in total. The van der Waals surface area contributed by atoms with Crippen LogP contribution in [-0.2, 0) is 10.8 Å². The van der Waals surface area contributed by atoms with Crippen LogP contribution in [0.2, 0.25) is 0 Å². The SMILES string of the molecule is [2H]c1c([2H])c([2H])c(-c2cccc(-c3cc(C(C)(C)C)cc(C(C)(C)C)c3)c2-[n+]2[c-]n(-c3cccc(Oc4ccc5c6ccccc6n(-c6cc(C(C)C(C)C)c(-c7ccccc7)cn6)c5c4)c3)c3ccccc32)c([2H])c1[2H]. The number of rotatable bonds is 10. The molecule has 0 spiro atoms. The van der Waals surface area contributed by atoms with E-state index < -0.39 is 18.1 Å². The van der Waals surface area contributed by atoms with Gasteiger partial charge < -0.3 is 4.74 Å². The predicted octanol–water partition coefficient (Wildman–Crippen LogP) is 17.3. The van der Waals surface area contributed by atoms with Crippen molar-refractivity contribution in [1.82, 2.24) is 14.1 Å². The molecule has 0 aliphatic heterocycles. The maximum atomic E-state index is 9.25. The Balaban J connectivity index is 1.06. The van der Waals surface area contributed by atoms with E-state index in [1.54, 1.807) is 0 Å². The first-order valence-corrected chi connectivity index (χ1v) is 25.0. The topological polar surface area (TPSA) is 35.9 Å². The summed E-state index contributed by atoms with van der Waals surface area (Å²) >= 11 is 0. The summed E-state index contributed by atoms with van der Waals surface area (Å²) in [5.74, 6) is 2.82. The Morgan fingerprint density at radius 1 is 0.556 bits per heavy atom. The van der Waals surface area contributed by atoms with Crippen molar-refractivity contribution in [2.24, 2.45) is 5.92 Å². The van der Waals surface area contributed by atoms with Crippen LogP contribution in [0.3, 0.4) is 0 Å². The summed E-state index contributed by atoms with van der Waals surface area (Å²) in [7, 11) is 0. The summed E-state index contributed by atoms with van der Waals surface area (Å²) in [6, 6.07) is 54.3. The van der Waals surface area contributed by atoms with Gasteiger partial charge >= 0.3 is 0 Å². The van der Waals surface area contributed by atoms with Gasteiger partial charge in [0.05, 0.1) is 40.3 Å². The van der Waals surface area contributed by atoms with Gasteiger partial charge in [-0.25, -0.2) is 4.98 Å². The van der Waals surface area contributed by atoms with Crippen molar-refractivity contribution in [1.29, 1.82) is 0 Å². The standard InChI is InChI=1S/C67H62N4O/c1-44(2)45(3)58-41-64(68-42-59(58)47-24-14-11-15-25-47)71-60-31-17-16-28-56(60)57-35-34-53(40-63(57)71)72-52-27-20-26-51(39-52)69-43-70(62-33-19-18-32-61(62)69)65-54(46-22-12-10-13-23-46)29-21-30-55(65)48-36-49(66(4,5)6)38-50(37-48)67(7,8)9/h10-42,44-45H,1-9H3/i10D,12D,13D,22D,23D. The molecule has 72 heavy (non-hydrogen) atoms. The van der Waals surface area contributed by atoms with Gasteiger partial charge in [0.25, 0.3) is 6.33 Å². The number of imidazole rings is 1. The zero-order valence-electron chi connectivity index (χ0n) is 47.5. The number of benzene rings is 8. The summed E-state index contributed by atoms with van der Waals surface area (Å²) in [5.41, 5.74) is 13.0. The lowest BCUT2D eigenvalue weighted by molar-refractivity contribution is -0.571. The third-order valence-corrected chi connectivity index (χ3v) is 14.3. The summed E-state index contributed by atoms with van der Waals surface area (Å²) < 4.78 is 57.6. The molecule has 3 aromatic heterocycles. The first-order valence-electron chi connectivity index (χ1n) is 27.5. The molecule has 0 N–H and O–H groups in total. The number of para-hydroxylation sites is 4. The molecular weight excluding hydrogens is 877 g/mol. The molecule has 356 valence electrons. The van der Waals surface area contributed by atoms with Crippen LogP contribution in [0.5, 0.6) is 11.5 Å². The van der Waals surface area contributed by atoms with Gasteiger partial charge in [-0.1, -0.05) is 208 Å². The maximum absolute atomic E-state index is 9.25. The van der Waals surface area contributed by atoms with Crippen LogP contribution in [-0.4, -0.2) is 14.1 Å². The summed E-state index contributed by atoms with van der Waals surface area (Å²) in [5, 5.41) is 2.22.